The van der Waals surface area contributed by atoms with Crippen LogP contribution in [0.4, 0.5) is 0 Å². The summed E-state index contributed by atoms with van der Waals surface area (Å²) in [6, 6.07) is 1.45. The third-order valence-electron chi connectivity index (χ3n) is 2.38. The van der Waals surface area contributed by atoms with Gasteiger partial charge in [-0.2, -0.15) is 0 Å². The van der Waals surface area contributed by atoms with E-state index in [9.17, 15) is 9.90 Å². The number of phenolic OH excluding ortho intramolecular Hbond substituents is 1. The molecule has 2 N–H and O–H groups in total. The number of halogens is 1. The summed E-state index contributed by atoms with van der Waals surface area (Å²) < 4.78 is 4.63. The molecule has 0 saturated carbocycles. The van der Waals surface area contributed by atoms with Crippen LogP contribution in [0.15, 0.2) is 11.1 Å². The average molecular weight is 272 g/mol. The van der Waals surface area contributed by atoms with E-state index in [0.717, 1.165) is 0 Å². The number of nitrogens with zero attached hydrogens (tertiary/aromatic N) is 1. The van der Waals surface area contributed by atoms with E-state index in [1.54, 1.807) is 6.92 Å². The van der Waals surface area contributed by atoms with Crippen molar-refractivity contribution in [1.29, 1.82) is 0 Å². The third kappa shape index (κ3) is 3.00. The highest BCUT2D eigenvalue weighted by molar-refractivity contribution is 6.33. The molecule has 1 rings (SSSR count). The Morgan fingerprint density at radius 3 is 2.83 bits per heavy atom. The maximum atomic E-state index is 11.5. The van der Waals surface area contributed by atoms with E-state index in [2.05, 4.69) is 9.73 Å². The molecule has 0 fully saturated rings. The van der Waals surface area contributed by atoms with Crippen molar-refractivity contribution in [3.8, 4) is 5.75 Å². The van der Waals surface area contributed by atoms with Crippen LogP contribution in [0, 0.1) is 6.92 Å². The molecule has 0 heterocycles. The predicted octanol–water partition coefficient (Wildman–Crippen LogP) is 1.55. The van der Waals surface area contributed by atoms with Gasteiger partial charge in [0.15, 0.2) is 0 Å². The molecule has 98 valence electrons. The van der Waals surface area contributed by atoms with Gasteiger partial charge in [-0.3, -0.25) is 4.99 Å². The lowest BCUT2D eigenvalue weighted by molar-refractivity contribution is 0.0600. The molecule has 0 amide bonds. The fraction of sp³-hybridized carbons (Fsp3) is 0.333. The van der Waals surface area contributed by atoms with Crippen LogP contribution in [0.3, 0.4) is 0 Å². The highest BCUT2D eigenvalue weighted by Crippen LogP contribution is 2.32. The fourth-order valence-electron chi connectivity index (χ4n) is 1.40. The molecule has 0 atom stereocenters. The summed E-state index contributed by atoms with van der Waals surface area (Å²) in [5.41, 5.74) is 1.02. The van der Waals surface area contributed by atoms with Gasteiger partial charge in [0.25, 0.3) is 0 Å². The topological polar surface area (TPSA) is 79.1 Å². The number of carbonyl (C=O) groups excluding carboxylic acids is 1. The number of aliphatic imine (C=N–C) groups is 1. The van der Waals surface area contributed by atoms with Crippen LogP contribution < -0.4 is 0 Å². The summed E-state index contributed by atoms with van der Waals surface area (Å²) in [6.45, 7) is 1.72. The molecule has 6 heteroatoms. The second-order valence-corrected chi connectivity index (χ2v) is 3.93. The van der Waals surface area contributed by atoms with Gasteiger partial charge in [0.05, 0.1) is 30.8 Å². The number of carbonyl (C=O) groups is 1. The zero-order valence-electron chi connectivity index (χ0n) is 10.1. The van der Waals surface area contributed by atoms with E-state index < -0.39 is 5.97 Å². The molecule has 0 spiro atoms. The van der Waals surface area contributed by atoms with Crippen LogP contribution in [0.2, 0.25) is 5.02 Å². The molecule has 0 saturated heterocycles. The summed E-state index contributed by atoms with van der Waals surface area (Å²) in [4.78, 5) is 15.4. The van der Waals surface area contributed by atoms with Crippen LogP contribution in [0.1, 0.15) is 21.5 Å². The monoisotopic (exact) mass is 271 g/mol. The summed E-state index contributed by atoms with van der Waals surface area (Å²) in [6.07, 6.45) is 1.35. The Bertz CT molecular complexity index is 485. The molecule has 0 aliphatic carbocycles. The number of ether oxygens (including phenoxy) is 1. The molecular formula is C12H14ClNO4. The molecule has 1 aromatic carbocycles. The van der Waals surface area contributed by atoms with Gasteiger partial charge in [0.2, 0.25) is 0 Å². The molecule has 18 heavy (non-hydrogen) atoms. The smallest absolute Gasteiger partial charge is 0.338 e. The molecule has 5 nitrogen and oxygen atoms in total. The maximum Gasteiger partial charge on any atom is 0.338 e. The Balaban J connectivity index is 3.27. The molecular weight excluding hydrogens is 258 g/mol. The first kappa shape index (κ1) is 14.5. The maximum absolute atomic E-state index is 11.5. The van der Waals surface area contributed by atoms with Crippen molar-refractivity contribution in [1.82, 2.24) is 0 Å². The number of rotatable bonds is 4. The van der Waals surface area contributed by atoms with E-state index in [-0.39, 0.29) is 29.5 Å². The summed E-state index contributed by atoms with van der Waals surface area (Å²) >= 11 is 5.93. The predicted molar refractivity (Wildman–Crippen MR) is 68.7 cm³/mol. The van der Waals surface area contributed by atoms with Crippen LogP contribution >= 0.6 is 11.6 Å². The van der Waals surface area contributed by atoms with E-state index in [0.29, 0.717) is 11.1 Å². The van der Waals surface area contributed by atoms with Crippen molar-refractivity contribution in [3.63, 3.8) is 0 Å². The fourth-order valence-corrected chi connectivity index (χ4v) is 1.61. The molecule has 0 aliphatic rings. The Labute approximate surface area is 110 Å². The number of phenols is 1. The van der Waals surface area contributed by atoms with Crippen molar-refractivity contribution < 1.29 is 19.7 Å². The number of hydrogen-bond donors (Lipinski definition) is 2. The summed E-state index contributed by atoms with van der Waals surface area (Å²) in [5.74, 6) is -0.685. The quantitative estimate of drug-likeness (QED) is 0.643. The van der Waals surface area contributed by atoms with Gasteiger partial charge < -0.3 is 14.9 Å². The first-order chi connectivity index (χ1) is 8.52. The number of aliphatic hydroxyl groups is 1. The Kier molecular flexibility index (Phi) is 5.12. The average Bonchev–Trinajstić information content (AvgIpc) is 2.38. The van der Waals surface area contributed by atoms with E-state index >= 15 is 0 Å². The van der Waals surface area contributed by atoms with Crippen molar-refractivity contribution in [3.05, 3.63) is 27.8 Å². The van der Waals surface area contributed by atoms with Crippen LogP contribution in [0.25, 0.3) is 0 Å². The minimum absolute atomic E-state index is 0.0864. The zero-order chi connectivity index (χ0) is 13.7. The molecule has 0 aliphatic heterocycles. The van der Waals surface area contributed by atoms with E-state index in [1.165, 1.54) is 19.4 Å². The van der Waals surface area contributed by atoms with Crippen molar-refractivity contribution in [2.75, 3.05) is 20.3 Å². The van der Waals surface area contributed by atoms with Gasteiger partial charge in [-0.15, -0.1) is 0 Å². The number of esters is 1. The Morgan fingerprint density at radius 2 is 2.28 bits per heavy atom. The third-order valence-corrected chi connectivity index (χ3v) is 2.84. The lowest BCUT2D eigenvalue weighted by atomic mass is 10.0. The van der Waals surface area contributed by atoms with Crippen molar-refractivity contribution in [2.24, 2.45) is 4.99 Å². The second-order valence-electron chi connectivity index (χ2n) is 3.55. The standard InChI is InChI=1S/C12H14ClNO4/c1-7-9(12(17)18-2)5-8(6-14-3-4-15)11(16)10(7)13/h5-6,15-16H,3-4H2,1-2H3. The van der Waals surface area contributed by atoms with E-state index in [4.69, 9.17) is 16.7 Å². The minimum atomic E-state index is -0.536. The lowest BCUT2D eigenvalue weighted by Crippen LogP contribution is -2.05. The molecule has 0 aromatic heterocycles. The number of aliphatic hydroxyl groups excluding tert-OH is 1. The largest absolute Gasteiger partial charge is 0.506 e. The summed E-state index contributed by atoms with van der Waals surface area (Å²) in [7, 11) is 1.27. The normalized spacial score (nSPS) is 10.9. The molecule has 0 bridgehead atoms. The minimum Gasteiger partial charge on any atom is -0.506 e. The summed E-state index contributed by atoms with van der Waals surface area (Å²) in [5, 5.41) is 18.5. The van der Waals surface area contributed by atoms with E-state index in [1.807, 2.05) is 0 Å². The van der Waals surface area contributed by atoms with Gasteiger partial charge >= 0.3 is 5.97 Å². The van der Waals surface area contributed by atoms with Crippen LogP contribution in [-0.2, 0) is 4.74 Å². The van der Waals surface area contributed by atoms with Gasteiger partial charge in [-0.05, 0) is 18.6 Å². The van der Waals surface area contributed by atoms with Crippen molar-refractivity contribution >= 4 is 23.8 Å². The van der Waals surface area contributed by atoms with Gasteiger partial charge in [-0.25, -0.2) is 4.79 Å². The number of methoxy groups -OCH3 is 1. The molecule has 0 radical (unpaired) electrons. The van der Waals surface area contributed by atoms with Crippen molar-refractivity contribution in [2.45, 2.75) is 6.92 Å². The van der Waals surface area contributed by atoms with Crippen LogP contribution in [-0.4, -0.2) is 42.7 Å². The zero-order valence-corrected chi connectivity index (χ0v) is 10.9. The second kappa shape index (κ2) is 6.37. The Morgan fingerprint density at radius 1 is 1.61 bits per heavy atom. The number of benzene rings is 1. The molecule has 0 unspecified atom stereocenters. The first-order valence-electron chi connectivity index (χ1n) is 5.24. The highest BCUT2D eigenvalue weighted by atomic mass is 35.5. The highest BCUT2D eigenvalue weighted by Gasteiger charge is 2.17. The van der Waals surface area contributed by atoms with Crippen LogP contribution in [0.5, 0.6) is 5.75 Å². The number of aromatic hydroxyl groups is 1. The van der Waals surface area contributed by atoms with Gasteiger partial charge in [0.1, 0.15) is 5.75 Å². The molecule has 1 aromatic rings. The number of hydrogen-bond acceptors (Lipinski definition) is 5. The Hall–Kier alpha value is -1.59. The van der Waals surface area contributed by atoms with Gasteiger partial charge in [-0.1, -0.05) is 11.6 Å². The first-order valence-corrected chi connectivity index (χ1v) is 5.61. The SMILES string of the molecule is COC(=O)c1cc(C=NCCO)c(O)c(Cl)c1C. The lowest BCUT2D eigenvalue weighted by Gasteiger charge is -2.10. The van der Waals surface area contributed by atoms with Gasteiger partial charge in [0, 0.05) is 11.8 Å².